The minimum absolute atomic E-state index is 0.110. The normalized spacial score (nSPS) is 13.4. The SMILES string of the molecule is CCOc1ccc(CC(=O)NCC(C)(O)c2cccs2)cc1. The van der Waals surface area contributed by atoms with E-state index < -0.39 is 5.60 Å². The Morgan fingerprint density at radius 1 is 1.32 bits per heavy atom. The fourth-order valence-electron chi connectivity index (χ4n) is 2.06. The van der Waals surface area contributed by atoms with Gasteiger partial charge >= 0.3 is 0 Å². The van der Waals surface area contributed by atoms with E-state index >= 15 is 0 Å². The molecule has 0 fully saturated rings. The maximum absolute atomic E-state index is 12.0. The zero-order chi connectivity index (χ0) is 16.0. The van der Waals surface area contributed by atoms with Crippen LogP contribution in [-0.2, 0) is 16.8 Å². The van der Waals surface area contributed by atoms with Crippen molar-refractivity contribution in [3.63, 3.8) is 0 Å². The molecule has 0 spiro atoms. The molecule has 1 aromatic heterocycles. The van der Waals surface area contributed by atoms with Crippen molar-refractivity contribution >= 4 is 17.2 Å². The number of nitrogens with one attached hydrogen (secondary N) is 1. The summed E-state index contributed by atoms with van der Waals surface area (Å²) in [6, 6.07) is 11.2. The third kappa shape index (κ3) is 4.58. The number of hydrogen-bond donors (Lipinski definition) is 2. The molecule has 0 saturated carbocycles. The standard InChI is InChI=1S/C17H21NO3S/c1-3-21-14-8-6-13(7-9-14)11-16(19)18-12-17(2,20)15-5-4-10-22-15/h4-10,20H,3,11-12H2,1-2H3,(H,18,19). The highest BCUT2D eigenvalue weighted by atomic mass is 32.1. The van der Waals surface area contributed by atoms with Gasteiger partial charge in [-0.3, -0.25) is 4.79 Å². The Kier molecular flexibility index (Phi) is 5.57. The van der Waals surface area contributed by atoms with Crippen LogP contribution in [0.15, 0.2) is 41.8 Å². The fraction of sp³-hybridized carbons (Fsp3) is 0.353. The summed E-state index contributed by atoms with van der Waals surface area (Å²) in [6.45, 7) is 4.46. The summed E-state index contributed by atoms with van der Waals surface area (Å²) in [6.07, 6.45) is 0.285. The molecule has 1 heterocycles. The van der Waals surface area contributed by atoms with Crippen molar-refractivity contribution in [2.45, 2.75) is 25.9 Å². The molecule has 5 heteroatoms. The van der Waals surface area contributed by atoms with Crippen molar-refractivity contribution in [2.24, 2.45) is 0 Å². The summed E-state index contributed by atoms with van der Waals surface area (Å²) in [5.41, 5.74) is -0.125. The zero-order valence-corrected chi connectivity index (χ0v) is 13.7. The monoisotopic (exact) mass is 319 g/mol. The maximum Gasteiger partial charge on any atom is 0.224 e. The van der Waals surface area contributed by atoms with Gasteiger partial charge in [0.05, 0.1) is 19.6 Å². The van der Waals surface area contributed by atoms with Crippen molar-refractivity contribution < 1.29 is 14.6 Å². The van der Waals surface area contributed by atoms with Gasteiger partial charge in [-0.2, -0.15) is 0 Å². The summed E-state index contributed by atoms with van der Waals surface area (Å²) in [7, 11) is 0. The molecular formula is C17H21NO3S. The highest BCUT2D eigenvalue weighted by Gasteiger charge is 2.24. The second-order valence-corrected chi connectivity index (χ2v) is 6.23. The number of carbonyl (C=O) groups excluding carboxylic acids is 1. The van der Waals surface area contributed by atoms with Gasteiger partial charge in [0.1, 0.15) is 11.4 Å². The van der Waals surface area contributed by atoms with Gasteiger partial charge in [0, 0.05) is 4.88 Å². The molecule has 1 aromatic carbocycles. The highest BCUT2D eigenvalue weighted by molar-refractivity contribution is 7.10. The lowest BCUT2D eigenvalue weighted by Crippen LogP contribution is -2.38. The van der Waals surface area contributed by atoms with Gasteiger partial charge in [0.25, 0.3) is 0 Å². The minimum Gasteiger partial charge on any atom is -0.494 e. The van der Waals surface area contributed by atoms with Crippen LogP contribution < -0.4 is 10.1 Å². The van der Waals surface area contributed by atoms with E-state index in [0.717, 1.165) is 16.2 Å². The molecule has 0 aliphatic heterocycles. The van der Waals surface area contributed by atoms with Crippen LogP contribution in [0.1, 0.15) is 24.3 Å². The van der Waals surface area contributed by atoms with Crippen LogP contribution in [0.4, 0.5) is 0 Å². The summed E-state index contributed by atoms with van der Waals surface area (Å²) >= 11 is 1.48. The van der Waals surface area contributed by atoms with Gasteiger partial charge in [-0.1, -0.05) is 18.2 Å². The average Bonchev–Trinajstić information content (AvgIpc) is 3.03. The molecule has 22 heavy (non-hydrogen) atoms. The number of benzene rings is 1. The van der Waals surface area contributed by atoms with E-state index in [0.29, 0.717) is 6.61 Å². The van der Waals surface area contributed by atoms with Gasteiger partial charge in [-0.15, -0.1) is 11.3 Å². The third-order valence-electron chi connectivity index (χ3n) is 3.28. The van der Waals surface area contributed by atoms with Gasteiger partial charge < -0.3 is 15.2 Å². The van der Waals surface area contributed by atoms with Crippen LogP contribution in [0, 0.1) is 0 Å². The Morgan fingerprint density at radius 3 is 2.64 bits per heavy atom. The molecule has 0 aliphatic rings. The molecule has 2 N–H and O–H groups in total. The molecule has 0 aliphatic carbocycles. The number of hydrogen-bond acceptors (Lipinski definition) is 4. The first kappa shape index (κ1) is 16.5. The first-order valence-electron chi connectivity index (χ1n) is 7.26. The van der Waals surface area contributed by atoms with Crippen LogP contribution in [0.2, 0.25) is 0 Å². The van der Waals surface area contributed by atoms with Crippen LogP contribution in [-0.4, -0.2) is 24.2 Å². The molecule has 1 atom stereocenters. The Labute approximate surface area is 134 Å². The van der Waals surface area contributed by atoms with Gasteiger partial charge in [-0.05, 0) is 43.0 Å². The number of aliphatic hydroxyl groups is 1. The van der Waals surface area contributed by atoms with Gasteiger partial charge in [0.15, 0.2) is 0 Å². The predicted molar refractivity (Wildman–Crippen MR) is 88.2 cm³/mol. The van der Waals surface area contributed by atoms with E-state index in [9.17, 15) is 9.90 Å². The number of thiophene rings is 1. The molecule has 118 valence electrons. The lowest BCUT2D eigenvalue weighted by atomic mass is 10.0. The number of ether oxygens (including phenoxy) is 1. The lowest BCUT2D eigenvalue weighted by Gasteiger charge is -2.22. The number of rotatable bonds is 7. The predicted octanol–water partition coefficient (Wildman–Crippen LogP) is 2.71. The van der Waals surface area contributed by atoms with Gasteiger partial charge in [-0.25, -0.2) is 0 Å². The smallest absolute Gasteiger partial charge is 0.224 e. The molecule has 1 unspecified atom stereocenters. The second kappa shape index (κ2) is 7.42. The Bertz CT molecular complexity index is 591. The molecule has 0 radical (unpaired) electrons. The number of amides is 1. The van der Waals surface area contributed by atoms with Crippen molar-refractivity contribution in [1.29, 1.82) is 0 Å². The number of carbonyl (C=O) groups is 1. The van der Waals surface area contributed by atoms with Crippen molar-refractivity contribution in [2.75, 3.05) is 13.2 Å². The van der Waals surface area contributed by atoms with E-state index in [1.807, 2.05) is 48.7 Å². The first-order chi connectivity index (χ1) is 10.5. The van der Waals surface area contributed by atoms with E-state index in [1.54, 1.807) is 6.92 Å². The maximum atomic E-state index is 12.0. The van der Waals surface area contributed by atoms with Crippen LogP contribution in [0.5, 0.6) is 5.75 Å². The van der Waals surface area contributed by atoms with Crippen molar-refractivity contribution in [1.82, 2.24) is 5.32 Å². The molecule has 0 bridgehead atoms. The van der Waals surface area contributed by atoms with Crippen LogP contribution in [0.3, 0.4) is 0 Å². The first-order valence-corrected chi connectivity index (χ1v) is 8.14. The molecule has 1 amide bonds. The average molecular weight is 319 g/mol. The minimum atomic E-state index is -1.04. The quantitative estimate of drug-likeness (QED) is 0.825. The van der Waals surface area contributed by atoms with Crippen molar-refractivity contribution in [3.8, 4) is 5.75 Å². The molecule has 0 saturated heterocycles. The molecule has 2 rings (SSSR count). The molecule has 2 aromatic rings. The van der Waals surface area contributed by atoms with Crippen molar-refractivity contribution in [3.05, 3.63) is 52.2 Å². The summed E-state index contributed by atoms with van der Waals surface area (Å²) in [4.78, 5) is 12.8. The van der Waals surface area contributed by atoms with E-state index in [2.05, 4.69) is 5.32 Å². The Balaban J connectivity index is 1.85. The summed E-state index contributed by atoms with van der Waals surface area (Å²) in [5, 5.41) is 15.1. The molecular weight excluding hydrogens is 298 g/mol. The molecule has 4 nitrogen and oxygen atoms in total. The zero-order valence-electron chi connectivity index (χ0n) is 12.8. The second-order valence-electron chi connectivity index (χ2n) is 5.28. The van der Waals surface area contributed by atoms with Crippen LogP contribution in [0.25, 0.3) is 0 Å². The van der Waals surface area contributed by atoms with E-state index in [4.69, 9.17) is 4.74 Å². The third-order valence-corrected chi connectivity index (χ3v) is 4.40. The highest BCUT2D eigenvalue weighted by Crippen LogP contribution is 2.24. The van der Waals surface area contributed by atoms with Crippen LogP contribution >= 0.6 is 11.3 Å². The Hall–Kier alpha value is -1.85. The summed E-state index contributed by atoms with van der Waals surface area (Å²) in [5.74, 6) is 0.688. The lowest BCUT2D eigenvalue weighted by molar-refractivity contribution is -0.121. The fourth-order valence-corrected chi connectivity index (χ4v) is 2.85. The van der Waals surface area contributed by atoms with Gasteiger partial charge in [0.2, 0.25) is 5.91 Å². The summed E-state index contributed by atoms with van der Waals surface area (Å²) < 4.78 is 5.37. The topological polar surface area (TPSA) is 58.6 Å². The van der Waals surface area contributed by atoms with E-state index in [1.165, 1.54) is 11.3 Å². The Morgan fingerprint density at radius 2 is 2.05 bits per heavy atom. The largest absolute Gasteiger partial charge is 0.494 e. The van der Waals surface area contributed by atoms with E-state index in [-0.39, 0.29) is 18.9 Å².